The number of nitrogens with one attached hydrogen (secondary N) is 3. The highest BCUT2D eigenvalue weighted by atomic mass is 16.2. The van der Waals surface area contributed by atoms with Gasteiger partial charge in [0.05, 0.1) is 22.7 Å². The molecular formula is C43H56N8O3. The maximum atomic E-state index is 13.7. The number of nitrogens with zero attached hydrogens (tertiary/aromatic N) is 5. The van der Waals surface area contributed by atoms with E-state index in [-0.39, 0.29) is 29.5 Å². The molecule has 9 rings (SSSR count). The van der Waals surface area contributed by atoms with Gasteiger partial charge in [-0.2, -0.15) is 5.10 Å². The fourth-order valence-electron chi connectivity index (χ4n) is 11.4. The summed E-state index contributed by atoms with van der Waals surface area (Å²) in [7, 11) is 0. The summed E-state index contributed by atoms with van der Waals surface area (Å²) < 4.78 is 1.93. The molecule has 0 spiro atoms. The third kappa shape index (κ3) is 6.84. The first-order valence-electron chi connectivity index (χ1n) is 19.9. The van der Waals surface area contributed by atoms with Gasteiger partial charge in [0.15, 0.2) is 0 Å². The van der Waals surface area contributed by atoms with Gasteiger partial charge >= 0.3 is 0 Å². The lowest BCUT2D eigenvalue weighted by Crippen LogP contribution is -2.60. The molecule has 3 aromatic heterocycles. The van der Waals surface area contributed by atoms with E-state index in [1.807, 2.05) is 36.9 Å². The number of piperazine rings is 1. The molecule has 286 valence electrons. The average molecular weight is 733 g/mol. The molecule has 4 bridgehead atoms. The third-order valence-electron chi connectivity index (χ3n) is 13.0. The predicted octanol–water partition coefficient (Wildman–Crippen LogP) is 6.15. The van der Waals surface area contributed by atoms with Crippen molar-refractivity contribution < 1.29 is 9.59 Å². The molecule has 1 aliphatic heterocycles. The Morgan fingerprint density at radius 1 is 0.926 bits per heavy atom. The number of hydrogen-bond acceptors (Lipinski definition) is 7. The van der Waals surface area contributed by atoms with Crippen molar-refractivity contribution in [2.75, 3.05) is 44.2 Å². The van der Waals surface area contributed by atoms with Crippen molar-refractivity contribution in [3.05, 3.63) is 75.5 Å². The Morgan fingerprint density at radius 3 is 2.31 bits per heavy atom. The minimum absolute atomic E-state index is 0.104. The Morgan fingerprint density at radius 2 is 1.67 bits per heavy atom. The molecular weight excluding hydrogens is 677 g/mol. The van der Waals surface area contributed by atoms with Gasteiger partial charge in [-0.15, -0.1) is 0 Å². The third-order valence-corrected chi connectivity index (χ3v) is 13.0. The number of fused-ring (bicyclic) bond motifs is 1. The molecule has 0 radical (unpaired) electrons. The smallest absolute Gasteiger partial charge is 0.253 e. The molecule has 11 nitrogen and oxygen atoms in total. The van der Waals surface area contributed by atoms with E-state index < -0.39 is 0 Å². The van der Waals surface area contributed by atoms with E-state index in [9.17, 15) is 14.4 Å². The second-order valence-corrected chi connectivity index (χ2v) is 18.2. The van der Waals surface area contributed by atoms with Gasteiger partial charge in [0, 0.05) is 80.3 Å². The van der Waals surface area contributed by atoms with E-state index in [0.29, 0.717) is 40.3 Å². The molecule has 1 saturated heterocycles. The number of carbonyl (C=O) groups excluding carboxylic acids is 2. The van der Waals surface area contributed by atoms with Crippen molar-refractivity contribution in [3.8, 4) is 11.1 Å². The number of benzene rings is 1. The van der Waals surface area contributed by atoms with Gasteiger partial charge in [-0.3, -0.25) is 24.0 Å². The topological polar surface area (TPSA) is 128 Å². The Kier molecular flexibility index (Phi) is 9.22. The van der Waals surface area contributed by atoms with Gasteiger partial charge in [-0.1, -0.05) is 13.8 Å². The summed E-state index contributed by atoms with van der Waals surface area (Å²) in [6.07, 6.45) is 10.7. The highest BCUT2D eigenvalue weighted by Gasteiger charge is 2.62. The molecule has 4 heterocycles. The molecule has 1 aromatic carbocycles. The lowest BCUT2D eigenvalue weighted by atomic mass is 9.40. The number of aromatic nitrogens is 4. The van der Waals surface area contributed by atoms with Crippen molar-refractivity contribution >= 4 is 28.5 Å². The van der Waals surface area contributed by atoms with Crippen LogP contribution in [0.4, 0.5) is 5.82 Å². The predicted molar refractivity (Wildman–Crippen MR) is 213 cm³/mol. The summed E-state index contributed by atoms with van der Waals surface area (Å²) in [6.45, 7) is 18.0. The first-order valence-corrected chi connectivity index (χ1v) is 19.9. The number of carbonyl (C=O) groups is 2. The fraction of sp³-hybridized carbons (Fsp3) is 0.558. The number of anilines is 1. The van der Waals surface area contributed by atoms with Crippen molar-refractivity contribution in [2.24, 2.45) is 22.2 Å². The van der Waals surface area contributed by atoms with Crippen LogP contribution in [0.5, 0.6) is 0 Å². The van der Waals surface area contributed by atoms with Gasteiger partial charge in [0.2, 0.25) is 5.91 Å². The molecule has 5 aliphatic rings. The van der Waals surface area contributed by atoms with Crippen LogP contribution < -0.4 is 21.1 Å². The van der Waals surface area contributed by atoms with E-state index >= 15 is 0 Å². The van der Waals surface area contributed by atoms with E-state index in [1.165, 1.54) is 19.3 Å². The van der Waals surface area contributed by atoms with Crippen molar-refractivity contribution in [1.29, 1.82) is 0 Å². The fourth-order valence-corrected chi connectivity index (χ4v) is 11.4. The Balaban J connectivity index is 0.899. The average Bonchev–Trinajstić information content (AvgIpc) is 3.54. The van der Waals surface area contributed by atoms with Crippen molar-refractivity contribution in [2.45, 2.75) is 92.7 Å². The molecule has 4 saturated carbocycles. The minimum atomic E-state index is -0.261. The zero-order valence-corrected chi connectivity index (χ0v) is 32.8. The summed E-state index contributed by atoms with van der Waals surface area (Å²) in [5.41, 5.74) is 5.67. The second-order valence-electron chi connectivity index (χ2n) is 18.2. The van der Waals surface area contributed by atoms with Crippen LogP contribution in [-0.4, -0.2) is 75.7 Å². The van der Waals surface area contributed by atoms with E-state index in [0.717, 1.165) is 91.1 Å². The normalized spacial score (nSPS) is 26.5. The van der Waals surface area contributed by atoms with E-state index in [4.69, 9.17) is 4.98 Å². The number of aryl methyl sites for hydroxylation is 2. The Hall–Kier alpha value is -4.51. The summed E-state index contributed by atoms with van der Waals surface area (Å²) in [6, 6.07) is 10.1. The maximum Gasteiger partial charge on any atom is 0.253 e. The summed E-state index contributed by atoms with van der Waals surface area (Å²) in [4.78, 5) is 52.5. The molecule has 3 N–H and O–H groups in total. The molecule has 11 heteroatoms. The number of hydrogen-bond donors (Lipinski definition) is 3. The van der Waals surface area contributed by atoms with E-state index in [1.54, 1.807) is 6.20 Å². The summed E-state index contributed by atoms with van der Waals surface area (Å²) in [5.74, 6) is 1.69. The van der Waals surface area contributed by atoms with E-state index in [2.05, 4.69) is 76.4 Å². The largest absolute Gasteiger partial charge is 0.354 e. The van der Waals surface area contributed by atoms with Gasteiger partial charge in [-0.05, 0) is 124 Å². The van der Waals surface area contributed by atoms with Crippen LogP contribution >= 0.6 is 0 Å². The number of pyridine rings is 2. The van der Waals surface area contributed by atoms with Gasteiger partial charge in [0.1, 0.15) is 5.82 Å². The van der Waals surface area contributed by atoms with Crippen molar-refractivity contribution in [3.63, 3.8) is 0 Å². The number of amides is 2. The zero-order chi connectivity index (χ0) is 38.0. The second kappa shape index (κ2) is 13.7. The van der Waals surface area contributed by atoms with Gasteiger partial charge < -0.3 is 20.5 Å². The van der Waals surface area contributed by atoms with Crippen LogP contribution in [0.3, 0.4) is 0 Å². The molecule has 2 amide bonds. The van der Waals surface area contributed by atoms with Crippen LogP contribution in [0.25, 0.3) is 22.0 Å². The monoisotopic (exact) mass is 732 g/mol. The summed E-state index contributed by atoms with van der Waals surface area (Å²) in [5, 5.41) is 11.7. The van der Waals surface area contributed by atoms with Crippen LogP contribution in [0.2, 0.25) is 0 Å². The van der Waals surface area contributed by atoms with Gasteiger partial charge in [-0.25, -0.2) is 4.98 Å². The highest BCUT2D eigenvalue weighted by Crippen LogP contribution is 2.69. The Labute approximate surface area is 318 Å². The zero-order valence-electron chi connectivity index (χ0n) is 32.8. The maximum absolute atomic E-state index is 13.7. The molecule has 54 heavy (non-hydrogen) atoms. The first-order chi connectivity index (χ1) is 25.7. The molecule has 4 aliphatic carbocycles. The lowest BCUT2D eigenvalue weighted by Gasteiger charge is -2.64. The lowest BCUT2D eigenvalue weighted by molar-refractivity contribution is -0.170. The number of H-pyrrole nitrogens is 1. The first kappa shape index (κ1) is 36.5. The Bertz CT molecular complexity index is 2130. The molecule has 4 aromatic rings. The number of rotatable bonds is 10. The molecule has 4 atom stereocenters. The van der Waals surface area contributed by atoms with Crippen LogP contribution in [0, 0.1) is 36.0 Å². The van der Waals surface area contributed by atoms with Crippen LogP contribution in [0.1, 0.15) is 99.4 Å². The number of aromatic amines is 1. The molecule has 3 unspecified atom stereocenters. The summed E-state index contributed by atoms with van der Waals surface area (Å²) >= 11 is 0. The quantitative estimate of drug-likeness (QED) is 0.179. The van der Waals surface area contributed by atoms with Gasteiger partial charge in [0.25, 0.3) is 11.5 Å². The standard InChI is InChI=1S/C43H56N8O3/c1-27(2)51-36-17-32(16-33(35(36)23-47-51)38(52)46-22-34-28(3)15-29(4)48-39(34)53)31-7-8-37(45-21-31)50-13-11-49(12-14-50)10-9-44-40(54)43-20-30-18-41(5,25-43)24-42(6,19-30)26-43/h7-8,15-17,21,23,27,30H,9-14,18-20,22,24-26H2,1-6H3,(H,44,54)(H,46,52)(H,48,53)/t30?,41-,42?,43?/m0/s1. The highest BCUT2D eigenvalue weighted by molar-refractivity contribution is 6.08. The van der Waals surface area contributed by atoms with Crippen LogP contribution in [-0.2, 0) is 11.3 Å². The van der Waals surface area contributed by atoms with Crippen LogP contribution in [0.15, 0.2) is 47.5 Å². The van der Waals surface area contributed by atoms with Crippen molar-refractivity contribution in [1.82, 2.24) is 35.3 Å². The molecule has 5 fully saturated rings. The minimum Gasteiger partial charge on any atom is -0.354 e. The SMILES string of the molecule is Cc1cc(C)c(CNC(=O)c2cc(-c3ccc(N4CCN(CCNC(=O)C56CC7CC(C)(C5)C[C@](C)(C7)C6)CC4)nc3)cc3c2cnn3C(C)C)c(=O)[nH]1.